The predicted molar refractivity (Wildman–Crippen MR) is 82.8 cm³/mol. The molecule has 1 aromatic rings. The van der Waals surface area contributed by atoms with Crippen LogP contribution in [0, 0.1) is 0 Å². The van der Waals surface area contributed by atoms with E-state index in [0.29, 0.717) is 0 Å². The van der Waals surface area contributed by atoms with Crippen molar-refractivity contribution in [3.05, 3.63) is 29.8 Å². The van der Waals surface area contributed by atoms with Crippen LogP contribution in [0.1, 0.15) is 37.7 Å². The molecule has 0 aliphatic heterocycles. The van der Waals surface area contributed by atoms with Gasteiger partial charge in [0, 0.05) is 30.3 Å². The van der Waals surface area contributed by atoms with Gasteiger partial charge in [0.25, 0.3) is 0 Å². The number of hydrogen-bond acceptors (Lipinski definition) is 3. The van der Waals surface area contributed by atoms with Crippen LogP contribution in [0.3, 0.4) is 0 Å². The van der Waals surface area contributed by atoms with Crippen LogP contribution in [0.5, 0.6) is 0 Å². The Balaban J connectivity index is 1.80. The average molecular weight is 279 g/mol. The van der Waals surface area contributed by atoms with E-state index in [9.17, 15) is 0 Å². The molecule has 0 atom stereocenters. The minimum absolute atomic E-state index is 0.774. The Morgan fingerprint density at radius 1 is 1.26 bits per heavy atom. The minimum Gasteiger partial charge on any atom is -0.383 e. The second-order valence-electron chi connectivity index (χ2n) is 5.19. The highest BCUT2D eigenvalue weighted by Gasteiger charge is 2.14. The van der Waals surface area contributed by atoms with Gasteiger partial charge in [0.15, 0.2) is 0 Å². The van der Waals surface area contributed by atoms with Crippen molar-refractivity contribution in [2.45, 2.75) is 48.8 Å². The first-order valence-corrected chi connectivity index (χ1v) is 8.21. The second kappa shape index (κ2) is 8.62. The quantitative estimate of drug-likeness (QED) is 0.766. The van der Waals surface area contributed by atoms with Crippen molar-refractivity contribution >= 4 is 11.8 Å². The van der Waals surface area contributed by atoms with Crippen LogP contribution in [0.15, 0.2) is 29.2 Å². The number of hydrogen-bond donors (Lipinski definition) is 1. The summed E-state index contributed by atoms with van der Waals surface area (Å²) in [6.07, 6.45) is 7.04. The van der Waals surface area contributed by atoms with E-state index in [0.717, 1.165) is 24.9 Å². The van der Waals surface area contributed by atoms with E-state index < -0.39 is 0 Å². The normalized spacial score (nSPS) is 16.7. The molecule has 19 heavy (non-hydrogen) atoms. The molecule has 3 heteroatoms. The lowest BCUT2D eigenvalue weighted by Crippen LogP contribution is -2.18. The van der Waals surface area contributed by atoms with Crippen molar-refractivity contribution in [3.8, 4) is 0 Å². The van der Waals surface area contributed by atoms with Crippen LogP contribution in [0.2, 0.25) is 0 Å². The van der Waals surface area contributed by atoms with Crippen molar-refractivity contribution in [3.63, 3.8) is 0 Å². The summed E-state index contributed by atoms with van der Waals surface area (Å²) < 4.78 is 5.04. The summed E-state index contributed by atoms with van der Waals surface area (Å²) >= 11 is 2.07. The summed E-state index contributed by atoms with van der Waals surface area (Å²) in [7, 11) is 1.74. The highest BCUT2D eigenvalue weighted by atomic mass is 32.2. The highest BCUT2D eigenvalue weighted by molar-refractivity contribution is 8.00. The Morgan fingerprint density at radius 3 is 2.89 bits per heavy atom. The summed E-state index contributed by atoms with van der Waals surface area (Å²) in [6.45, 7) is 2.62. The van der Waals surface area contributed by atoms with Crippen LogP contribution < -0.4 is 5.32 Å². The Kier molecular flexibility index (Phi) is 6.75. The van der Waals surface area contributed by atoms with Crippen LogP contribution in [0.4, 0.5) is 0 Å². The zero-order valence-electron chi connectivity index (χ0n) is 11.9. The molecular weight excluding hydrogens is 254 g/mol. The van der Waals surface area contributed by atoms with Crippen molar-refractivity contribution in [2.24, 2.45) is 0 Å². The topological polar surface area (TPSA) is 21.3 Å². The number of benzene rings is 1. The zero-order valence-corrected chi connectivity index (χ0v) is 12.7. The summed E-state index contributed by atoms with van der Waals surface area (Å²) in [5, 5.41) is 4.24. The number of ether oxygens (including phenoxy) is 1. The van der Waals surface area contributed by atoms with Gasteiger partial charge >= 0.3 is 0 Å². The lowest BCUT2D eigenvalue weighted by atomic mass is 10.0. The van der Waals surface area contributed by atoms with Gasteiger partial charge in [-0.2, -0.15) is 0 Å². The average Bonchev–Trinajstić information content (AvgIpc) is 2.45. The Labute approximate surface area is 121 Å². The van der Waals surface area contributed by atoms with Gasteiger partial charge in [0.1, 0.15) is 0 Å². The van der Waals surface area contributed by atoms with Gasteiger partial charge in [-0.3, -0.25) is 0 Å². The molecule has 0 bridgehead atoms. The first kappa shape index (κ1) is 14.9. The smallest absolute Gasteiger partial charge is 0.0587 e. The molecule has 0 heterocycles. The number of nitrogens with one attached hydrogen (secondary N) is 1. The molecule has 1 aliphatic carbocycles. The molecule has 0 unspecified atom stereocenters. The van der Waals surface area contributed by atoms with Gasteiger partial charge in [-0.05, 0) is 30.5 Å². The van der Waals surface area contributed by atoms with E-state index in [1.807, 2.05) is 0 Å². The van der Waals surface area contributed by atoms with Gasteiger partial charge in [-0.25, -0.2) is 0 Å². The molecule has 0 aromatic heterocycles. The molecular formula is C16H25NOS. The summed E-state index contributed by atoms with van der Waals surface area (Å²) in [4.78, 5) is 1.43. The molecule has 2 rings (SSSR count). The molecule has 0 saturated heterocycles. The summed E-state index contributed by atoms with van der Waals surface area (Å²) in [5.41, 5.74) is 1.37. The molecule has 106 valence electrons. The van der Waals surface area contributed by atoms with E-state index in [4.69, 9.17) is 4.74 Å². The molecule has 1 fully saturated rings. The maximum atomic E-state index is 5.04. The van der Waals surface area contributed by atoms with E-state index in [-0.39, 0.29) is 0 Å². The zero-order chi connectivity index (χ0) is 13.3. The number of methoxy groups -OCH3 is 1. The standard InChI is InChI=1S/C16H25NOS/c1-18-11-10-17-13-14-6-5-9-16(12-14)19-15-7-3-2-4-8-15/h5-6,9,12,15,17H,2-4,7-8,10-11,13H2,1H3. The fraction of sp³-hybridized carbons (Fsp3) is 0.625. The number of thioether (sulfide) groups is 1. The Morgan fingerprint density at radius 2 is 2.11 bits per heavy atom. The minimum atomic E-state index is 0.774. The van der Waals surface area contributed by atoms with Crippen LogP contribution in [-0.4, -0.2) is 25.5 Å². The monoisotopic (exact) mass is 279 g/mol. The van der Waals surface area contributed by atoms with Crippen molar-refractivity contribution in [1.29, 1.82) is 0 Å². The fourth-order valence-corrected chi connectivity index (χ4v) is 3.84. The maximum Gasteiger partial charge on any atom is 0.0587 e. The van der Waals surface area contributed by atoms with E-state index in [1.54, 1.807) is 7.11 Å². The lowest BCUT2D eigenvalue weighted by molar-refractivity contribution is 0.199. The Hall–Kier alpha value is -0.510. The van der Waals surface area contributed by atoms with Gasteiger partial charge in [0.05, 0.1) is 6.61 Å². The summed E-state index contributed by atoms with van der Waals surface area (Å²) in [5.74, 6) is 0. The molecule has 1 N–H and O–H groups in total. The van der Waals surface area contributed by atoms with Gasteiger partial charge in [-0.1, -0.05) is 31.4 Å². The van der Waals surface area contributed by atoms with Crippen molar-refractivity contribution < 1.29 is 4.74 Å². The van der Waals surface area contributed by atoms with Gasteiger partial charge in [-0.15, -0.1) is 11.8 Å². The third-order valence-corrected chi connectivity index (χ3v) is 4.90. The SMILES string of the molecule is COCCNCc1cccc(SC2CCCCC2)c1. The molecule has 2 nitrogen and oxygen atoms in total. The molecule has 0 radical (unpaired) electrons. The molecule has 1 saturated carbocycles. The first-order chi connectivity index (χ1) is 9.38. The molecule has 1 aromatic carbocycles. The van der Waals surface area contributed by atoms with Crippen molar-refractivity contribution in [1.82, 2.24) is 5.32 Å². The fourth-order valence-electron chi connectivity index (χ4n) is 2.51. The van der Waals surface area contributed by atoms with E-state index in [2.05, 4.69) is 41.3 Å². The van der Waals surface area contributed by atoms with Crippen LogP contribution in [0.25, 0.3) is 0 Å². The molecule has 0 amide bonds. The van der Waals surface area contributed by atoms with Crippen molar-refractivity contribution in [2.75, 3.05) is 20.3 Å². The Bertz CT molecular complexity index is 364. The largest absolute Gasteiger partial charge is 0.383 e. The van der Waals surface area contributed by atoms with E-state index in [1.165, 1.54) is 42.6 Å². The van der Waals surface area contributed by atoms with Crippen LogP contribution in [-0.2, 0) is 11.3 Å². The second-order valence-corrected chi connectivity index (χ2v) is 6.57. The lowest BCUT2D eigenvalue weighted by Gasteiger charge is -2.21. The number of rotatable bonds is 7. The van der Waals surface area contributed by atoms with E-state index >= 15 is 0 Å². The summed E-state index contributed by atoms with van der Waals surface area (Å²) in [6, 6.07) is 8.96. The maximum absolute atomic E-state index is 5.04. The van der Waals surface area contributed by atoms with Gasteiger partial charge < -0.3 is 10.1 Å². The molecule has 0 spiro atoms. The highest BCUT2D eigenvalue weighted by Crippen LogP contribution is 2.33. The molecule has 1 aliphatic rings. The third kappa shape index (κ3) is 5.55. The van der Waals surface area contributed by atoms with Crippen LogP contribution >= 0.6 is 11.8 Å². The first-order valence-electron chi connectivity index (χ1n) is 7.34. The predicted octanol–water partition coefficient (Wildman–Crippen LogP) is 3.85. The van der Waals surface area contributed by atoms with Gasteiger partial charge in [0.2, 0.25) is 0 Å². The third-order valence-electron chi connectivity index (χ3n) is 3.57.